The van der Waals surface area contributed by atoms with Crippen molar-refractivity contribution in [1.82, 2.24) is 20.1 Å². The maximum absolute atomic E-state index is 5.74. The maximum Gasteiger partial charge on any atom is 0.170 e. The van der Waals surface area contributed by atoms with Gasteiger partial charge in [0.2, 0.25) is 0 Å². The van der Waals surface area contributed by atoms with Crippen molar-refractivity contribution in [2.75, 3.05) is 39.4 Å². The third kappa shape index (κ3) is 3.53. The van der Waals surface area contributed by atoms with E-state index in [2.05, 4.69) is 20.1 Å². The molecule has 2 aromatic rings. The van der Waals surface area contributed by atoms with Gasteiger partial charge in [0, 0.05) is 32.4 Å². The number of pyridine rings is 1. The number of hydrogen-bond acceptors (Lipinski definition) is 5. The molecule has 4 heterocycles. The monoisotopic (exact) mass is 358 g/mol. The minimum Gasteiger partial charge on any atom is -0.467 e. The summed E-state index contributed by atoms with van der Waals surface area (Å²) in [6, 6.07) is 9.90. The van der Waals surface area contributed by atoms with Crippen molar-refractivity contribution < 1.29 is 9.15 Å². The molecule has 4 rings (SSSR count). The number of nitrogens with one attached hydrogen (secondary N) is 1. The van der Waals surface area contributed by atoms with Gasteiger partial charge in [-0.05, 0) is 36.5 Å². The molecular weight excluding hydrogens is 336 g/mol. The first-order valence-electron chi connectivity index (χ1n) is 8.64. The Hall–Kier alpha value is -1.96. The van der Waals surface area contributed by atoms with Gasteiger partial charge >= 0.3 is 0 Å². The average Bonchev–Trinajstić information content (AvgIpc) is 3.29. The van der Waals surface area contributed by atoms with Gasteiger partial charge in [0.05, 0.1) is 31.2 Å². The lowest BCUT2D eigenvalue weighted by Crippen LogP contribution is -2.42. The zero-order chi connectivity index (χ0) is 17.1. The van der Waals surface area contributed by atoms with Crippen LogP contribution in [0, 0.1) is 0 Å². The third-order valence-corrected chi connectivity index (χ3v) is 5.15. The summed E-state index contributed by atoms with van der Waals surface area (Å²) in [4.78, 5) is 9.16. The van der Waals surface area contributed by atoms with Gasteiger partial charge < -0.3 is 19.4 Å². The second-order valence-electron chi connectivity index (χ2n) is 6.29. The van der Waals surface area contributed by atoms with Crippen molar-refractivity contribution in [2.24, 2.45) is 0 Å². The number of rotatable bonds is 5. The largest absolute Gasteiger partial charge is 0.467 e. The van der Waals surface area contributed by atoms with Crippen LogP contribution < -0.4 is 5.32 Å². The summed E-state index contributed by atoms with van der Waals surface area (Å²) < 4.78 is 11.2. The van der Waals surface area contributed by atoms with Gasteiger partial charge in [-0.1, -0.05) is 6.07 Å². The normalized spacial score (nSPS) is 24.5. The molecule has 2 saturated heterocycles. The molecule has 1 N–H and O–H groups in total. The van der Waals surface area contributed by atoms with Crippen molar-refractivity contribution in [3.8, 4) is 0 Å². The van der Waals surface area contributed by atoms with Crippen LogP contribution in [0.1, 0.15) is 23.5 Å². The highest BCUT2D eigenvalue weighted by atomic mass is 32.1. The van der Waals surface area contributed by atoms with Crippen LogP contribution in [0.3, 0.4) is 0 Å². The summed E-state index contributed by atoms with van der Waals surface area (Å²) in [6.45, 7) is 5.37. The van der Waals surface area contributed by atoms with Crippen LogP contribution in [0.15, 0.2) is 47.2 Å². The smallest absolute Gasteiger partial charge is 0.170 e. The van der Waals surface area contributed by atoms with Crippen LogP contribution in [-0.4, -0.2) is 59.3 Å². The molecule has 2 aliphatic heterocycles. The molecule has 0 aliphatic carbocycles. The van der Waals surface area contributed by atoms with E-state index >= 15 is 0 Å². The highest BCUT2D eigenvalue weighted by Gasteiger charge is 2.41. The summed E-state index contributed by atoms with van der Waals surface area (Å²) in [5, 5.41) is 4.19. The summed E-state index contributed by atoms with van der Waals surface area (Å²) in [5.41, 5.74) is 0.972. The third-order valence-electron chi connectivity index (χ3n) is 4.79. The quantitative estimate of drug-likeness (QED) is 0.820. The van der Waals surface area contributed by atoms with Gasteiger partial charge in [-0.3, -0.25) is 9.88 Å². The van der Waals surface area contributed by atoms with Crippen LogP contribution in [-0.2, 0) is 4.74 Å². The zero-order valence-electron chi connectivity index (χ0n) is 14.0. The number of morpholine rings is 1. The van der Waals surface area contributed by atoms with Gasteiger partial charge in [0.25, 0.3) is 0 Å². The molecule has 132 valence electrons. The number of aromatic nitrogens is 1. The Labute approximate surface area is 152 Å². The molecule has 2 fully saturated rings. The van der Waals surface area contributed by atoms with E-state index in [-0.39, 0.29) is 12.1 Å². The predicted octanol–water partition coefficient (Wildman–Crippen LogP) is 1.98. The minimum atomic E-state index is -0.00969. The van der Waals surface area contributed by atoms with Crippen LogP contribution in [0.4, 0.5) is 0 Å². The van der Waals surface area contributed by atoms with Gasteiger partial charge in [-0.2, -0.15) is 0 Å². The van der Waals surface area contributed by atoms with Crippen LogP contribution in [0.25, 0.3) is 0 Å². The Morgan fingerprint density at radius 3 is 2.76 bits per heavy atom. The fraction of sp³-hybridized carbons (Fsp3) is 0.444. The van der Waals surface area contributed by atoms with E-state index in [1.54, 1.807) is 6.26 Å². The maximum atomic E-state index is 5.74. The molecule has 0 aromatic carbocycles. The van der Waals surface area contributed by atoms with Crippen molar-refractivity contribution in [2.45, 2.75) is 12.1 Å². The van der Waals surface area contributed by atoms with Crippen molar-refractivity contribution in [1.29, 1.82) is 0 Å². The van der Waals surface area contributed by atoms with E-state index in [1.165, 1.54) is 0 Å². The fourth-order valence-electron chi connectivity index (χ4n) is 3.49. The van der Waals surface area contributed by atoms with E-state index in [4.69, 9.17) is 21.4 Å². The van der Waals surface area contributed by atoms with Crippen molar-refractivity contribution in [3.63, 3.8) is 0 Å². The second kappa shape index (κ2) is 7.51. The molecule has 0 unspecified atom stereocenters. The fourth-order valence-corrected chi connectivity index (χ4v) is 3.82. The highest BCUT2D eigenvalue weighted by molar-refractivity contribution is 7.80. The Balaban J connectivity index is 1.55. The summed E-state index contributed by atoms with van der Waals surface area (Å²) in [5.74, 6) is 0.907. The molecule has 2 atom stereocenters. The molecule has 25 heavy (non-hydrogen) atoms. The van der Waals surface area contributed by atoms with Gasteiger partial charge in [-0.15, -0.1) is 0 Å². The lowest BCUT2D eigenvalue weighted by atomic mass is 10.0. The Kier molecular flexibility index (Phi) is 4.96. The Morgan fingerprint density at radius 2 is 2.04 bits per heavy atom. The molecule has 7 heteroatoms. The SMILES string of the molecule is S=C1N[C@H](c2ccccn2)[C@H](c2ccco2)N1CCN1CCOCC1. The molecule has 0 radical (unpaired) electrons. The summed E-state index contributed by atoms with van der Waals surface area (Å²) in [6.07, 6.45) is 3.53. The van der Waals surface area contributed by atoms with Crippen LogP contribution in [0.2, 0.25) is 0 Å². The molecule has 0 bridgehead atoms. The topological polar surface area (TPSA) is 53.8 Å². The molecule has 2 aliphatic rings. The molecular formula is C18H22N4O2S. The number of furan rings is 1. The van der Waals surface area contributed by atoms with E-state index in [9.17, 15) is 0 Å². The Morgan fingerprint density at radius 1 is 1.16 bits per heavy atom. The first kappa shape index (κ1) is 16.5. The van der Waals surface area contributed by atoms with Crippen LogP contribution >= 0.6 is 12.2 Å². The number of ether oxygens (including phenoxy) is 1. The molecule has 0 spiro atoms. The first-order chi connectivity index (χ1) is 12.3. The molecule has 0 saturated carbocycles. The molecule has 6 nitrogen and oxygen atoms in total. The van der Waals surface area contributed by atoms with E-state index in [0.717, 1.165) is 56.0 Å². The van der Waals surface area contributed by atoms with E-state index < -0.39 is 0 Å². The summed E-state index contributed by atoms with van der Waals surface area (Å²) >= 11 is 5.64. The van der Waals surface area contributed by atoms with Crippen molar-refractivity contribution >= 4 is 17.3 Å². The molecule has 0 amide bonds. The second-order valence-corrected chi connectivity index (χ2v) is 6.68. The van der Waals surface area contributed by atoms with Crippen LogP contribution in [0.5, 0.6) is 0 Å². The van der Waals surface area contributed by atoms with E-state index in [1.807, 2.05) is 36.5 Å². The van der Waals surface area contributed by atoms with E-state index in [0.29, 0.717) is 0 Å². The zero-order valence-corrected chi connectivity index (χ0v) is 14.8. The standard InChI is InChI=1S/C18H22N4O2S/c25-18-20-16(14-4-1-2-6-19-14)17(15-5-3-11-24-15)22(18)8-7-21-9-12-23-13-10-21/h1-6,11,16-17H,7-10,12-13H2,(H,20,25)/t16-,17+/m1/s1. The number of nitrogens with zero attached hydrogens (tertiary/aromatic N) is 3. The Bertz CT molecular complexity index is 688. The lowest BCUT2D eigenvalue weighted by Gasteiger charge is -2.31. The summed E-state index contributed by atoms with van der Waals surface area (Å²) in [7, 11) is 0. The highest BCUT2D eigenvalue weighted by Crippen LogP contribution is 2.38. The average molecular weight is 358 g/mol. The molecule has 2 aromatic heterocycles. The van der Waals surface area contributed by atoms with Crippen molar-refractivity contribution in [3.05, 3.63) is 54.2 Å². The lowest BCUT2D eigenvalue weighted by molar-refractivity contribution is 0.0347. The number of thiocarbonyl (C=S) groups is 1. The minimum absolute atomic E-state index is 0.00969. The van der Waals surface area contributed by atoms with Gasteiger partial charge in [0.1, 0.15) is 11.8 Å². The first-order valence-corrected chi connectivity index (χ1v) is 9.05. The predicted molar refractivity (Wildman–Crippen MR) is 98.1 cm³/mol. The van der Waals surface area contributed by atoms with Gasteiger partial charge in [0.15, 0.2) is 5.11 Å². The van der Waals surface area contributed by atoms with Gasteiger partial charge in [-0.25, -0.2) is 0 Å². The number of hydrogen-bond donors (Lipinski definition) is 1.